The molecule has 1 saturated carbocycles. The van der Waals surface area contributed by atoms with Crippen molar-refractivity contribution in [1.82, 2.24) is 14.5 Å². The third kappa shape index (κ3) is 4.75. The van der Waals surface area contributed by atoms with Crippen LogP contribution in [0.15, 0.2) is 64.5 Å². The molecule has 3 aromatic rings. The molecule has 1 fully saturated rings. The summed E-state index contributed by atoms with van der Waals surface area (Å²) in [4.78, 5) is 32.8. The lowest BCUT2D eigenvalue weighted by Crippen LogP contribution is -2.34. The predicted molar refractivity (Wildman–Crippen MR) is 122 cm³/mol. The highest BCUT2D eigenvalue weighted by atomic mass is 32.2. The molecule has 2 aromatic carbocycles. The van der Waals surface area contributed by atoms with Crippen LogP contribution in [-0.2, 0) is 17.9 Å². The van der Waals surface area contributed by atoms with E-state index in [0.717, 1.165) is 31.2 Å². The van der Waals surface area contributed by atoms with E-state index in [4.69, 9.17) is 4.98 Å². The van der Waals surface area contributed by atoms with Crippen molar-refractivity contribution in [3.8, 4) is 0 Å². The van der Waals surface area contributed by atoms with E-state index in [1.54, 1.807) is 4.57 Å². The standard InChI is InChI=1S/C24H27N3O2S/c1-2-3-15-26-23(29)20-11-7-8-12-21(20)25-24(26)30-17-22(28)27(19-13-14-19)16-18-9-5-4-6-10-18/h4-12,19H,2-3,13-17H2,1H3. The number of fused-ring (bicyclic) bond motifs is 1. The monoisotopic (exact) mass is 421 g/mol. The number of thioether (sulfide) groups is 1. The zero-order valence-corrected chi connectivity index (χ0v) is 18.1. The van der Waals surface area contributed by atoms with Crippen LogP contribution >= 0.6 is 11.8 Å². The molecule has 1 amide bonds. The van der Waals surface area contributed by atoms with Gasteiger partial charge in [0.1, 0.15) is 0 Å². The number of carbonyl (C=O) groups excluding carboxylic acids is 1. The molecule has 30 heavy (non-hydrogen) atoms. The Morgan fingerprint density at radius 3 is 2.60 bits per heavy atom. The van der Waals surface area contributed by atoms with Crippen molar-refractivity contribution in [2.75, 3.05) is 5.75 Å². The van der Waals surface area contributed by atoms with E-state index in [0.29, 0.717) is 40.9 Å². The maximum absolute atomic E-state index is 13.1. The molecule has 0 atom stereocenters. The van der Waals surface area contributed by atoms with Gasteiger partial charge in [-0.3, -0.25) is 14.2 Å². The average Bonchev–Trinajstić information content (AvgIpc) is 3.61. The number of aromatic nitrogens is 2. The minimum atomic E-state index is -0.0210. The van der Waals surface area contributed by atoms with Gasteiger partial charge in [0.15, 0.2) is 5.16 Å². The third-order valence-electron chi connectivity index (χ3n) is 5.39. The molecular formula is C24H27N3O2S. The molecule has 0 radical (unpaired) electrons. The van der Waals surface area contributed by atoms with Gasteiger partial charge in [0, 0.05) is 19.1 Å². The largest absolute Gasteiger partial charge is 0.335 e. The molecule has 0 N–H and O–H groups in total. The molecule has 4 rings (SSSR count). The fourth-order valence-corrected chi connectivity index (χ4v) is 4.48. The molecule has 1 aliphatic rings. The van der Waals surface area contributed by atoms with E-state index >= 15 is 0 Å². The van der Waals surface area contributed by atoms with Crippen LogP contribution in [0.5, 0.6) is 0 Å². The molecule has 156 valence electrons. The van der Waals surface area contributed by atoms with Gasteiger partial charge in [-0.2, -0.15) is 0 Å². The number of para-hydroxylation sites is 1. The first-order valence-corrected chi connectivity index (χ1v) is 11.6. The van der Waals surface area contributed by atoms with Gasteiger partial charge < -0.3 is 4.90 Å². The van der Waals surface area contributed by atoms with Crippen molar-refractivity contribution in [2.24, 2.45) is 0 Å². The van der Waals surface area contributed by atoms with Crippen LogP contribution in [0.1, 0.15) is 38.2 Å². The van der Waals surface area contributed by atoms with Crippen LogP contribution in [0.2, 0.25) is 0 Å². The van der Waals surface area contributed by atoms with E-state index in [2.05, 4.69) is 19.1 Å². The maximum Gasteiger partial charge on any atom is 0.262 e. The Kier molecular flexibility index (Phi) is 6.53. The highest BCUT2D eigenvalue weighted by Gasteiger charge is 2.32. The van der Waals surface area contributed by atoms with Gasteiger partial charge in [-0.25, -0.2) is 4.98 Å². The number of hydrogen-bond acceptors (Lipinski definition) is 4. The lowest BCUT2D eigenvalue weighted by molar-refractivity contribution is -0.129. The molecular weight excluding hydrogens is 394 g/mol. The number of benzene rings is 2. The number of nitrogens with zero attached hydrogens (tertiary/aromatic N) is 3. The van der Waals surface area contributed by atoms with Crippen LogP contribution in [0.4, 0.5) is 0 Å². The zero-order valence-electron chi connectivity index (χ0n) is 17.3. The van der Waals surface area contributed by atoms with E-state index in [1.807, 2.05) is 47.4 Å². The van der Waals surface area contributed by atoms with Gasteiger partial charge in [0.05, 0.1) is 16.7 Å². The Labute approximate surface area is 181 Å². The lowest BCUT2D eigenvalue weighted by Gasteiger charge is -2.22. The summed E-state index contributed by atoms with van der Waals surface area (Å²) >= 11 is 1.38. The quantitative estimate of drug-likeness (QED) is 0.378. The molecule has 0 aliphatic heterocycles. The second-order valence-corrected chi connectivity index (χ2v) is 8.69. The molecule has 0 saturated heterocycles. The van der Waals surface area contributed by atoms with Gasteiger partial charge in [-0.1, -0.05) is 67.6 Å². The van der Waals surface area contributed by atoms with Crippen molar-refractivity contribution in [2.45, 2.75) is 56.9 Å². The van der Waals surface area contributed by atoms with E-state index in [9.17, 15) is 9.59 Å². The first kappa shape index (κ1) is 20.7. The molecule has 1 heterocycles. The number of carbonyl (C=O) groups is 1. The lowest BCUT2D eigenvalue weighted by atomic mass is 10.2. The molecule has 5 nitrogen and oxygen atoms in total. The normalized spacial score (nSPS) is 13.5. The maximum atomic E-state index is 13.1. The first-order chi connectivity index (χ1) is 14.7. The van der Waals surface area contributed by atoms with Crippen LogP contribution < -0.4 is 5.56 Å². The summed E-state index contributed by atoms with van der Waals surface area (Å²) in [6.07, 6.45) is 4.04. The summed E-state index contributed by atoms with van der Waals surface area (Å²) in [6, 6.07) is 17.9. The number of rotatable bonds is 9. The minimum absolute atomic E-state index is 0.0210. The second-order valence-electron chi connectivity index (χ2n) is 7.75. The van der Waals surface area contributed by atoms with Gasteiger partial charge in [0.25, 0.3) is 5.56 Å². The Morgan fingerprint density at radius 1 is 1.13 bits per heavy atom. The van der Waals surface area contributed by atoms with Crippen molar-refractivity contribution in [1.29, 1.82) is 0 Å². The Hall–Kier alpha value is -2.60. The summed E-state index contributed by atoms with van der Waals surface area (Å²) in [6.45, 7) is 3.37. The second kappa shape index (κ2) is 9.47. The molecule has 0 bridgehead atoms. The van der Waals surface area contributed by atoms with Gasteiger partial charge >= 0.3 is 0 Å². The molecule has 6 heteroatoms. The molecule has 1 aromatic heterocycles. The van der Waals surface area contributed by atoms with Crippen molar-refractivity contribution in [3.05, 3.63) is 70.5 Å². The Morgan fingerprint density at radius 2 is 1.87 bits per heavy atom. The molecule has 0 unspecified atom stereocenters. The molecule has 1 aliphatic carbocycles. The highest BCUT2D eigenvalue weighted by Crippen LogP contribution is 2.30. The van der Waals surface area contributed by atoms with Crippen LogP contribution in [-0.4, -0.2) is 32.2 Å². The topological polar surface area (TPSA) is 55.2 Å². The van der Waals surface area contributed by atoms with Gasteiger partial charge in [0.2, 0.25) is 5.91 Å². The summed E-state index contributed by atoms with van der Waals surface area (Å²) in [5.41, 5.74) is 1.81. The third-order valence-corrected chi connectivity index (χ3v) is 6.35. The predicted octanol–water partition coefficient (Wildman–Crippen LogP) is 4.48. The number of amides is 1. The van der Waals surface area contributed by atoms with Crippen LogP contribution in [0.3, 0.4) is 0 Å². The van der Waals surface area contributed by atoms with Crippen molar-refractivity contribution in [3.63, 3.8) is 0 Å². The van der Waals surface area contributed by atoms with Crippen LogP contribution in [0, 0.1) is 0 Å². The highest BCUT2D eigenvalue weighted by molar-refractivity contribution is 7.99. The van der Waals surface area contributed by atoms with Gasteiger partial charge in [-0.15, -0.1) is 0 Å². The van der Waals surface area contributed by atoms with E-state index in [1.165, 1.54) is 11.8 Å². The summed E-state index contributed by atoms with van der Waals surface area (Å²) < 4.78 is 1.74. The zero-order chi connectivity index (χ0) is 20.9. The first-order valence-electron chi connectivity index (χ1n) is 10.6. The Balaban J connectivity index is 1.54. The summed E-state index contributed by atoms with van der Waals surface area (Å²) in [5, 5.41) is 1.27. The van der Waals surface area contributed by atoms with Gasteiger partial charge in [-0.05, 0) is 37.0 Å². The van der Waals surface area contributed by atoms with E-state index < -0.39 is 0 Å². The number of hydrogen-bond donors (Lipinski definition) is 0. The van der Waals surface area contributed by atoms with Crippen LogP contribution in [0.25, 0.3) is 10.9 Å². The fraction of sp³-hybridized carbons (Fsp3) is 0.375. The fourth-order valence-electron chi connectivity index (χ4n) is 3.57. The Bertz CT molecular complexity index is 1080. The van der Waals surface area contributed by atoms with E-state index in [-0.39, 0.29) is 11.5 Å². The summed E-state index contributed by atoms with van der Waals surface area (Å²) in [5.74, 6) is 0.399. The summed E-state index contributed by atoms with van der Waals surface area (Å²) in [7, 11) is 0. The average molecular weight is 422 g/mol. The van der Waals surface area contributed by atoms with Crippen molar-refractivity contribution >= 4 is 28.6 Å². The minimum Gasteiger partial charge on any atom is -0.335 e. The smallest absolute Gasteiger partial charge is 0.262 e. The SMILES string of the molecule is CCCCn1c(SCC(=O)N(Cc2ccccc2)C2CC2)nc2ccccc2c1=O. The number of unbranched alkanes of at least 4 members (excludes halogenated alkanes) is 1. The van der Waals surface area contributed by atoms with Crippen molar-refractivity contribution < 1.29 is 4.79 Å². The molecule has 0 spiro atoms.